The minimum atomic E-state index is -4.58. The summed E-state index contributed by atoms with van der Waals surface area (Å²) in [5.41, 5.74) is -0.368. The molecule has 0 atom stereocenters. The van der Waals surface area contributed by atoms with E-state index < -0.39 is 23.7 Å². The van der Waals surface area contributed by atoms with Gasteiger partial charge in [-0.15, -0.1) is 0 Å². The molecule has 0 unspecified atom stereocenters. The maximum atomic E-state index is 13.1. The van der Waals surface area contributed by atoms with Crippen LogP contribution in [0.4, 0.5) is 24.8 Å². The van der Waals surface area contributed by atoms with Crippen LogP contribution in [0.25, 0.3) is 0 Å². The molecule has 0 saturated carbocycles. The molecule has 1 N–H and O–H groups in total. The molecule has 154 valence electrons. The predicted octanol–water partition coefficient (Wildman–Crippen LogP) is 5.99. The molecule has 28 heavy (non-hydrogen) atoms. The first-order chi connectivity index (χ1) is 13.3. The van der Waals surface area contributed by atoms with Gasteiger partial charge in [-0.3, -0.25) is 0 Å². The summed E-state index contributed by atoms with van der Waals surface area (Å²) in [5, 5.41) is 2.88. The van der Waals surface area contributed by atoms with Crippen molar-refractivity contribution in [2.75, 3.05) is 11.9 Å². The van der Waals surface area contributed by atoms with E-state index in [9.17, 15) is 13.2 Å². The first-order valence-electron chi connectivity index (χ1n) is 9.40. The zero-order valence-electron chi connectivity index (χ0n) is 16.3. The van der Waals surface area contributed by atoms with Gasteiger partial charge in [-0.1, -0.05) is 26.2 Å². The van der Waals surface area contributed by atoms with E-state index in [0.29, 0.717) is 12.3 Å². The number of hydrogen-bond donors (Lipinski definition) is 1. The van der Waals surface area contributed by atoms with Crippen molar-refractivity contribution in [3.05, 3.63) is 36.0 Å². The molecule has 0 aliphatic heterocycles. The lowest BCUT2D eigenvalue weighted by Crippen LogP contribution is -2.15. The Morgan fingerprint density at radius 2 is 1.79 bits per heavy atom. The largest absolute Gasteiger partial charge is 0.494 e. The Morgan fingerprint density at radius 3 is 2.39 bits per heavy atom. The zero-order valence-corrected chi connectivity index (χ0v) is 16.3. The predicted molar refractivity (Wildman–Crippen MR) is 102 cm³/mol. The van der Waals surface area contributed by atoms with Gasteiger partial charge in [0.05, 0.1) is 12.7 Å². The maximum absolute atomic E-state index is 13.1. The minimum Gasteiger partial charge on any atom is -0.494 e. The highest BCUT2D eigenvalue weighted by Gasteiger charge is 2.36. The number of ether oxygens (including phenoxy) is 2. The molecular weight excluding hydrogens is 371 g/mol. The van der Waals surface area contributed by atoms with Gasteiger partial charge in [0.1, 0.15) is 11.3 Å². The summed E-state index contributed by atoms with van der Waals surface area (Å²) in [4.78, 5) is 7.63. The van der Waals surface area contributed by atoms with Crippen LogP contribution in [0.15, 0.2) is 30.5 Å². The Balaban J connectivity index is 2.02. The first-order valence-corrected chi connectivity index (χ1v) is 9.40. The van der Waals surface area contributed by atoms with E-state index in [1.807, 2.05) is 0 Å². The van der Waals surface area contributed by atoms with Gasteiger partial charge in [-0.05, 0) is 44.5 Å². The molecule has 0 aliphatic rings. The molecule has 0 spiro atoms. The highest BCUT2D eigenvalue weighted by molar-refractivity contribution is 5.55. The maximum Gasteiger partial charge on any atom is 0.423 e. The van der Waals surface area contributed by atoms with E-state index >= 15 is 0 Å². The molecule has 0 fully saturated rings. The monoisotopic (exact) mass is 397 g/mol. The van der Waals surface area contributed by atoms with Crippen LogP contribution in [-0.4, -0.2) is 22.7 Å². The Kier molecular flexibility index (Phi) is 7.90. The van der Waals surface area contributed by atoms with Gasteiger partial charge in [-0.25, -0.2) is 4.98 Å². The van der Waals surface area contributed by atoms with Crippen molar-refractivity contribution in [1.29, 1.82) is 0 Å². The van der Waals surface area contributed by atoms with Crippen molar-refractivity contribution >= 4 is 11.6 Å². The molecule has 1 heterocycles. The average Bonchev–Trinajstić information content (AvgIpc) is 2.61. The van der Waals surface area contributed by atoms with E-state index in [-0.39, 0.29) is 5.95 Å². The minimum absolute atomic E-state index is 0.0249. The van der Waals surface area contributed by atoms with E-state index in [1.54, 1.807) is 38.1 Å². The summed E-state index contributed by atoms with van der Waals surface area (Å²) < 4.78 is 50.1. The molecule has 0 saturated heterocycles. The molecule has 2 aromatic rings. The van der Waals surface area contributed by atoms with Crippen molar-refractivity contribution in [3.63, 3.8) is 0 Å². The molecular formula is C20H26F3N3O2. The number of aromatic nitrogens is 2. The van der Waals surface area contributed by atoms with Crippen molar-refractivity contribution in [3.8, 4) is 11.6 Å². The zero-order chi connectivity index (χ0) is 20.6. The topological polar surface area (TPSA) is 56.3 Å². The third-order valence-electron chi connectivity index (χ3n) is 3.78. The van der Waals surface area contributed by atoms with E-state index in [1.165, 1.54) is 12.8 Å². The van der Waals surface area contributed by atoms with Crippen molar-refractivity contribution in [2.45, 2.75) is 58.7 Å². The molecule has 0 amide bonds. The Hall–Kier alpha value is -2.51. The van der Waals surface area contributed by atoms with Crippen LogP contribution in [0.5, 0.6) is 11.6 Å². The lowest BCUT2D eigenvalue weighted by atomic mass is 10.2. The summed E-state index contributed by atoms with van der Waals surface area (Å²) in [6, 6.07) is 7.09. The molecule has 2 rings (SSSR count). The standard InChI is InChI=1S/C20H26F3N3O2/c1-4-5-6-7-12-27-16-10-8-15(9-11-16)25-19-24-13-17(20(21,22)23)18(26-19)28-14(2)3/h8-11,13-14H,4-7,12H2,1-3H3,(H,24,25,26). The number of alkyl halides is 3. The molecule has 1 aromatic carbocycles. The Labute approximate surface area is 163 Å². The van der Waals surface area contributed by atoms with Crippen LogP contribution >= 0.6 is 0 Å². The fourth-order valence-corrected chi connectivity index (χ4v) is 2.42. The number of rotatable bonds is 10. The van der Waals surface area contributed by atoms with Crippen molar-refractivity contribution in [2.24, 2.45) is 0 Å². The summed E-state index contributed by atoms with van der Waals surface area (Å²) in [7, 11) is 0. The average molecular weight is 397 g/mol. The smallest absolute Gasteiger partial charge is 0.423 e. The SMILES string of the molecule is CCCCCCOc1ccc(Nc2ncc(C(F)(F)F)c(OC(C)C)n2)cc1. The molecule has 0 bridgehead atoms. The van der Waals surface area contributed by atoms with Crippen LogP contribution in [0.3, 0.4) is 0 Å². The van der Waals surface area contributed by atoms with Crippen LogP contribution < -0.4 is 14.8 Å². The molecule has 0 aliphatic carbocycles. The number of nitrogens with zero attached hydrogens (tertiary/aromatic N) is 2. The third kappa shape index (κ3) is 6.90. The van der Waals surface area contributed by atoms with Crippen molar-refractivity contribution in [1.82, 2.24) is 9.97 Å². The summed E-state index contributed by atoms with van der Waals surface area (Å²) >= 11 is 0. The van der Waals surface area contributed by atoms with Gasteiger partial charge in [0.25, 0.3) is 0 Å². The Morgan fingerprint density at radius 1 is 1.07 bits per heavy atom. The van der Waals surface area contributed by atoms with Crippen LogP contribution in [0.2, 0.25) is 0 Å². The molecule has 0 radical (unpaired) electrons. The fraction of sp³-hybridized carbons (Fsp3) is 0.500. The lowest BCUT2D eigenvalue weighted by Gasteiger charge is -2.16. The summed E-state index contributed by atoms with van der Waals surface area (Å²) in [5.74, 6) is 0.267. The third-order valence-corrected chi connectivity index (χ3v) is 3.78. The highest BCUT2D eigenvalue weighted by atomic mass is 19.4. The number of halogens is 3. The van der Waals surface area contributed by atoms with E-state index in [4.69, 9.17) is 9.47 Å². The van der Waals surface area contributed by atoms with Gasteiger partial charge >= 0.3 is 6.18 Å². The van der Waals surface area contributed by atoms with Gasteiger partial charge in [0.15, 0.2) is 0 Å². The van der Waals surface area contributed by atoms with Crippen LogP contribution in [-0.2, 0) is 6.18 Å². The van der Waals surface area contributed by atoms with Crippen LogP contribution in [0.1, 0.15) is 52.0 Å². The van der Waals surface area contributed by atoms with Gasteiger partial charge in [0.2, 0.25) is 11.8 Å². The number of unbranched alkanes of at least 4 members (excludes halogenated alkanes) is 3. The molecule has 5 nitrogen and oxygen atoms in total. The van der Waals surface area contributed by atoms with E-state index in [0.717, 1.165) is 24.8 Å². The molecule has 1 aromatic heterocycles. The normalized spacial score (nSPS) is 11.5. The number of anilines is 2. The van der Waals surface area contributed by atoms with E-state index in [2.05, 4.69) is 22.2 Å². The highest BCUT2D eigenvalue weighted by Crippen LogP contribution is 2.35. The number of hydrogen-bond acceptors (Lipinski definition) is 5. The second-order valence-corrected chi connectivity index (χ2v) is 6.64. The number of benzene rings is 1. The van der Waals surface area contributed by atoms with Gasteiger partial charge in [0, 0.05) is 11.9 Å². The Bertz CT molecular complexity index is 734. The summed E-state index contributed by atoms with van der Waals surface area (Å²) in [6.07, 6.45) is 0.212. The van der Waals surface area contributed by atoms with Crippen LogP contribution in [0, 0.1) is 0 Å². The second-order valence-electron chi connectivity index (χ2n) is 6.64. The van der Waals surface area contributed by atoms with Crippen molar-refractivity contribution < 1.29 is 22.6 Å². The van der Waals surface area contributed by atoms with Gasteiger partial charge < -0.3 is 14.8 Å². The molecule has 8 heteroatoms. The number of nitrogens with one attached hydrogen (secondary N) is 1. The quantitative estimate of drug-likeness (QED) is 0.500. The fourth-order valence-electron chi connectivity index (χ4n) is 2.42. The first kappa shape index (κ1) is 21.8. The van der Waals surface area contributed by atoms with Gasteiger partial charge in [-0.2, -0.15) is 18.2 Å². The summed E-state index contributed by atoms with van der Waals surface area (Å²) in [6.45, 7) is 6.09. The lowest BCUT2D eigenvalue weighted by molar-refractivity contribution is -0.139. The second kappa shape index (κ2) is 10.1.